The summed E-state index contributed by atoms with van der Waals surface area (Å²) in [7, 11) is 0. The van der Waals surface area contributed by atoms with Crippen molar-refractivity contribution < 1.29 is 0 Å². The minimum atomic E-state index is -0.159. The predicted octanol–water partition coefficient (Wildman–Crippen LogP) is 15.5. The van der Waals surface area contributed by atoms with Gasteiger partial charge in [-0.05, 0) is 125 Å². The zero-order valence-corrected chi connectivity index (χ0v) is 34.8. The van der Waals surface area contributed by atoms with Gasteiger partial charge in [0.15, 0.2) is 11.6 Å². The second-order valence-electron chi connectivity index (χ2n) is 16.7. The van der Waals surface area contributed by atoms with Crippen LogP contribution in [-0.2, 0) is 5.41 Å². The van der Waals surface area contributed by atoms with Crippen molar-refractivity contribution in [2.24, 2.45) is 0 Å². The summed E-state index contributed by atoms with van der Waals surface area (Å²) in [5.74, 6) is 1.60. The quantitative estimate of drug-likeness (QED) is 0.143. The highest BCUT2D eigenvalue weighted by Gasteiger charge is 2.36. The number of rotatable bonds is 8. The maximum Gasteiger partial charge on any atom is 0.168 e. The van der Waals surface area contributed by atoms with Crippen molar-refractivity contribution >= 4 is 33.7 Å². The summed E-state index contributed by atoms with van der Waals surface area (Å²) in [4.78, 5) is 0. The van der Waals surface area contributed by atoms with Gasteiger partial charge in [0, 0.05) is 22.2 Å². The summed E-state index contributed by atoms with van der Waals surface area (Å²) < 4.78 is 2.16. The maximum absolute atomic E-state index is 4.81. The van der Waals surface area contributed by atoms with Gasteiger partial charge in [-0.25, -0.2) is 0 Å². The fourth-order valence-electron chi connectivity index (χ4n) is 9.82. The molecule has 0 aliphatic heterocycles. The van der Waals surface area contributed by atoms with Crippen molar-refractivity contribution in [1.82, 2.24) is 14.8 Å². The highest BCUT2D eigenvalue weighted by Crippen LogP contribution is 2.53. The van der Waals surface area contributed by atoms with Crippen LogP contribution in [0.3, 0.4) is 0 Å². The summed E-state index contributed by atoms with van der Waals surface area (Å²) in [6.07, 6.45) is 3.80. The van der Waals surface area contributed by atoms with E-state index in [2.05, 4.69) is 195 Å². The SMILES string of the molecule is C=Cc1ccc(-c2cccc(-c3c4ccccc4c(-c4ccc(-c5nnc(-c6ccccc6)n5-c5ccccc5)cc4)c4cc5c(cc34)C(C)(C)c3ccccc3-5)c2)cc1C=C. The third-order valence-electron chi connectivity index (χ3n) is 12.9. The van der Waals surface area contributed by atoms with Crippen molar-refractivity contribution in [3.05, 3.63) is 223 Å². The maximum atomic E-state index is 4.81. The second-order valence-corrected chi connectivity index (χ2v) is 16.7. The third kappa shape index (κ3) is 5.89. The van der Waals surface area contributed by atoms with Gasteiger partial charge in [-0.15, -0.1) is 10.2 Å². The fourth-order valence-corrected chi connectivity index (χ4v) is 9.82. The Bertz CT molecular complexity index is 3390. The molecule has 0 unspecified atom stereocenters. The molecule has 0 fully saturated rings. The highest BCUT2D eigenvalue weighted by atomic mass is 15.3. The molecule has 294 valence electrons. The van der Waals surface area contributed by atoms with Crippen LogP contribution < -0.4 is 0 Å². The minimum Gasteiger partial charge on any atom is -0.275 e. The molecule has 1 aliphatic carbocycles. The highest BCUT2D eigenvalue weighted by molar-refractivity contribution is 6.22. The number of fused-ring (bicyclic) bond motifs is 5. The van der Waals surface area contributed by atoms with Crippen molar-refractivity contribution in [2.75, 3.05) is 0 Å². The molecule has 0 N–H and O–H groups in total. The Hall–Kier alpha value is -7.88. The van der Waals surface area contributed by atoms with Crippen LogP contribution in [0.1, 0.15) is 36.1 Å². The molecule has 10 aromatic rings. The van der Waals surface area contributed by atoms with Crippen LogP contribution in [0.5, 0.6) is 0 Å². The minimum absolute atomic E-state index is 0.159. The van der Waals surface area contributed by atoms with Gasteiger partial charge in [0.05, 0.1) is 0 Å². The van der Waals surface area contributed by atoms with Crippen molar-refractivity contribution in [3.63, 3.8) is 0 Å². The largest absolute Gasteiger partial charge is 0.275 e. The molecule has 0 saturated carbocycles. The number of nitrogens with zero attached hydrogens (tertiary/aromatic N) is 3. The van der Waals surface area contributed by atoms with Crippen LogP contribution in [0.15, 0.2) is 201 Å². The van der Waals surface area contributed by atoms with Crippen LogP contribution in [-0.4, -0.2) is 14.8 Å². The fraction of sp³-hybridized carbons (Fsp3) is 0.0508. The molecule has 0 radical (unpaired) electrons. The Labute approximate surface area is 362 Å². The van der Waals surface area contributed by atoms with Crippen molar-refractivity contribution in [3.8, 4) is 73.0 Å². The predicted molar refractivity (Wildman–Crippen MR) is 261 cm³/mol. The zero-order valence-electron chi connectivity index (χ0n) is 34.8. The second kappa shape index (κ2) is 14.7. The normalized spacial score (nSPS) is 12.6. The Morgan fingerprint density at radius 3 is 1.65 bits per heavy atom. The molecule has 0 spiro atoms. The lowest BCUT2D eigenvalue weighted by Crippen LogP contribution is -2.14. The summed E-state index contributed by atoms with van der Waals surface area (Å²) in [6.45, 7) is 12.8. The van der Waals surface area contributed by atoms with E-state index in [4.69, 9.17) is 10.2 Å². The van der Waals surface area contributed by atoms with Crippen LogP contribution >= 0.6 is 0 Å². The van der Waals surface area contributed by atoms with Crippen molar-refractivity contribution in [2.45, 2.75) is 19.3 Å². The zero-order chi connectivity index (χ0) is 42.0. The van der Waals surface area contributed by atoms with Gasteiger partial charge in [0.25, 0.3) is 0 Å². The molecule has 3 nitrogen and oxygen atoms in total. The summed E-state index contributed by atoms with van der Waals surface area (Å²) in [6, 6.07) is 68.0. The molecular formula is C59H43N3. The number of hydrogen-bond donors (Lipinski definition) is 0. The lowest BCUT2D eigenvalue weighted by atomic mass is 9.79. The van der Waals surface area contributed by atoms with E-state index < -0.39 is 0 Å². The van der Waals surface area contributed by atoms with Gasteiger partial charge >= 0.3 is 0 Å². The molecule has 1 aliphatic rings. The molecule has 0 atom stereocenters. The van der Waals surface area contributed by atoms with E-state index in [9.17, 15) is 0 Å². The Balaban J connectivity index is 1.14. The van der Waals surface area contributed by atoms with Crippen LogP contribution in [0.4, 0.5) is 0 Å². The summed E-state index contributed by atoms with van der Waals surface area (Å²) in [5, 5.41) is 14.5. The van der Waals surface area contributed by atoms with Gasteiger partial charge in [-0.1, -0.05) is 191 Å². The van der Waals surface area contributed by atoms with Crippen molar-refractivity contribution in [1.29, 1.82) is 0 Å². The lowest BCUT2D eigenvalue weighted by Gasteiger charge is -2.24. The molecule has 11 rings (SSSR count). The summed E-state index contributed by atoms with van der Waals surface area (Å²) in [5.41, 5.74) is 17.4. The number of benzene rings is 9. The number of aromatic nitrogens is 3. The molecule has 0 saturated heterocycles. The molecule has 1 heterocycles. The van der Waals surface area contributed by atoms with E-state index in [1.807, 2.05) is 36.4 Å². The van der Waals surface area contributed by atoms with Gasteiger partial charge in [-0.3, -0.25) is 4.57 Å². The van der Waals surface area contributed by atoms with E-state index >= 15 is 0 Å². The van der Waals surface area contributed by atoms with Gasteiger partial charge in [0.1, 0.15) is 0 Å². The molecular weight excluding hydrogens is 751 g/mol. The Kier molecular flexibility index (Phi) is 8.80. The first kappa shape index (κ1) is 37.1. The van der Waals surface area contributed by atoms with Crippen LogP contribution in [0, 0.1) is 0 Å². The van der Waals surface area contributed by atoms with E-state index in [1.165, 1.54) is 60.5 Å². The first-order valence-electron chi connectivity index (χ1n) is 21.2. The topological polar surface area (TPSA) is 30.7 Å². The van der Waals surface area contributed by atoms with Gasteiger partial charge in [-0.2, -0.15) is 0 Å². The molecule has 3 heteroatoms. The molecule has 9 aromatic carbocycles. The van der Waals surface area contributed by atoms with Gasteiger partial charge in [0.2, 0.25) is 0 Å². The molecule has 62 heavy (non-hydrogen) atoms. The molecule has 0 amide bonds. The van der Waals surface area contributed by atoms with E-state index in [-0.39, 0.29) is 5.41 Å². The monoisotopic (exact) mass is 793 g/mol. The number of para-hydroxylation sites is 1. The van der Waals surface area contributed by atoms with Crippen LogP contribution in [0.25, 0.3) is 107 Å². The van der Waals surface area contributed by atoms with E-state index in [1.54, 1.807) is 0 Å². The average Bonchev–Trinajstić information content (AvgIpc) is 3.87. The lowest BCUT2D eigenvalue weighted by molar-refractivity contribution is 0.661. The van der Waals surface area contributed by atoms with Crippen LogP contribution in [0.2, 0.25) is 0 Å². The summed E-state index contributed by atoms with van der Waals surface area (Å²) >= 11 is 0. The first-order chi connectivity index (χ1) is 30.4. The standard InChI is InChI=1S/C59H43N3/c1-5-38-28-33-44(34-39(38)6-2)43-20-17-21-45(35-43)56-49-26-14-13-25-48(49)55(51-36-50-47-24-15-16-27-53(47)59(3,4)54(50)37-52(51)56)40-29-31-42(32-30-40)58-61-60-57(41-18-9-7-10-19-41)62(58)46-22-11-8-12-23-46/h5-37H,1-2H2,3-4H3. The van der Waals surface area contributed by atoms with E-state index in [0.717, 1.165) is 56.3 Å². The Morgan fingerprint density at radius 2 is 0.935 bits per heavy atom. The van der Waals surface area contributed by atoms with E-state index in [0.29, 0.717) is 0 Å². The Morgan fingerprint density at radius 1 is 0.403 bits per heavy atom. The van der Waals surface area contributed by atoms with Gasteiger partial charge < -0.3 is 0 Å². The number of hydrogen-bond acceptors (Lipinski definition) is 2. The smallest absolute Gasteiger partial charge is 0.168 e. The average molecular weight is 794 g/mol. The molecule has 1 aromatic heterocycles. The molecule has 0 bridgehead atoms. The third-order valence-corrected chi connectivity index (χ3v) is 12.9. The first-order valence-corrected chi connectivity index (χ1v) is 21.2.